The van der Waals surface area contributed by atoms with Crippen LogP contribution in [-0.2, 0) is 15.7 Å². The van der Waals surface area contributed by atoms with E-state index in [1.165, 1.54) is 55.6 Å². The third kappa shape index (κ3) is 5.74. The number of aromatic nitrogens is 3. The first kappa shape index (κ1) is 24.8. The van der Waals surface area contributed by atoms with Gasteiger partial charge < -0.3 is 19.4 Å². The molecule has 3 aromatic rings. The van der Waals surface area contributed by atoms with Crippen molar-refractivity contribution in [3.63, 3.8) is 0 Å². The molecule has 9 nitrogen and oxygen atoms in total. The summed E-state index contributed by atoms with van der Waals surface area (Å²) in [6, 6.07) is 5.86. The highest BCUT2D eigenvalue weighted by Crippen LogP contribution is 2.33. The summed E-state index contributed by atoms with van der Waals surface area (Å²) in [7, 11) is 1.46. The molecule has 3 rings (SSSR count). The summed E-state index contributed by atoms with van der Waals surface area (Å²) < 4.78 is 51.4. The lowest BCUT2D eigenvalue weighted by Gasteiger charge is -2.24. The molecule has 0 bridgehead atoms. The Kier molecular flexibility index (Phi) is 6.71. The normalized spacial score (nSPS) is 12.8. The van der Waals surface area contributed by atoms with Gasteiger partial charge in [0.1, 0.15) is 17.3 Å². The van der Waals surface area contributed by atoms with E-state index in [0.717, 1.165) is 10.7 Å². The molecule has 0 spiro atoms. The molecular weight excluding hydrogens is 455 g/mol. The molecule has 12 heteroatoms. The number of rotatable bonds is 5. The van der Waals surface area contributed by atoms with Gasteiger partial charge in [0.05, 0.1) is 6.26 Å². The lowest BCUT2D eigenvalue weighted by molar-refractivity contribution is -0.141. The largest absolute Gasteiger partial charge is 0.463 e. The molecule has 0 aliphatic rings. The molecule has 0 aliphatic carbocycles. The number of furan rings is 1. The Morgan fingerprint density at radius 2 is 1.91 bits per heavy atom. The Morgan fingerprint density at radius 1 is 1.21 bits per heavy atom. The van der Waals surface area contributed by atoms with Crippen LogP contribution in [0.1, 0.15) is 33.4 Å². The van der Waals surface area contributed by atoms with E-state index >= 15 is 0 Å². The zero-order valence-corrected chi connectivity index (χ0v) is 19.2. The summed E-state index contributed by atoms with van der Waals surface area (Å²) in [5.41, 5.74) is -1.49. The van der Waals surface area contributed by atoms with E-state index in [2.05, 4.69) is 15.4 Å². The second-order valence-electron chi connectivity index (χ2n) is 8.44. The predicted octanol–water partition coefficient (Wildman–Crippen LogP) is 4.42. The van der Waals surface area contributed by atoms with E-state index in [4.69, 9.17) is 9.15 Å². The van der Waals surface area contributed by atoms with Crippen LogP contribution in [0.5, 0.6) is 0 Å². The van der Waals surface area contributed by atoms with Crippen LogP contribution in [-0.4, -0.2) is 45.5 Å². The minimum absolute atomic E-state index is 0.0341. The fraction of sp³-hybridized carbons (Fsp3) is 0.364. The number of pyridine rings is 1. The van der Waals surface area contributed by atoms with Crippen LogP contribution in [0.2, 0.25) is 0 Å². The number of hydrogen-bond acceptors (Lipinski definition) is 6. The SMILES string of the molecule is C[C@H](NC(=O)OC(C)(C)C)C(=O)N(C)c1ccnc(-n2nc(C(F)(F)F)cc2-c2ccco2)c1. The summed E-state index contributed by atoms with van der Waals surface area (Å²) in [5, 5.41) is 6.11. The third-order valence-electron chi connectivity index (χ3n) is 4.54. The molecule has 1 N–H and O–H groups in total. The van der Waals surface area contributed by atoms with Crippen molar-refractivity contribution in [3.05, 3.63) is 48.5 Å². The number of nitrogens with one attached hydrogen (secondary N) is 1. The van der Waals surface area contributed by atoms with Crippen molar-refractivity contribution in [1.29, 1.82) is 0 Å². The van der Waals surface area contributed by atoms with Gasteiger partial charge in [0.15, 0.2) is 17.3 Å². The average molecular weight is 479 g/mol. The molecule has 0 aromatic carbocycles. The Labute approximate surface area is 193 Å². The first-order valence-corrected chi connectivity index (χ1v) is 10.2. The number of carbonyl (C=O) groups excluding carboxylic acids is 2. The maximum Gasteiger partial charge on any atom is 0.435 e. The summed E-state index contributed by atoms with van der Waals surface area (Å²) >= 11 is 0. The second-order valence-corrected chi connectivity index (χ2v) is 8.44. The minimum atomic E-state index is -4.68. The number of alkyl halides is 3. The maximum atomic E-state index is 13.3. The minimum Gasteiger partial charge on any atom is -0.463 e. The molecule has 34 heavy (non-hydrogen) atoms. The number of hydrogen-bond donors (Lipinski definition) is 1. The molecule has 0 aliphatic heterocycles. The van der Waals surface area contributed by atoms with Crippen LogP contribution in [0.15, 0.2) is 47.2 Å². The van der Waals surface area contributed by atoms with E-state index in [9.17, 15) is 22.8 Å². The highest BCUT2D eigenvalue weighted by molar-refractivity contribution is 5.98. The summed E-state index contributed by atoms with van der Waals surface area (Å²) in [6.45, 7) is 6.57. The number of ether oxygens (including phenoxy) is 1. The van der Waals surface area contributed by atoms with Gasteiger partial charge >= 0.3 is 12.3 Å². The van der Waals surface area contributed by atoms with Crippen LogP contribution in [0, 0.1) is 0 Å². The van der Waals surface area contributed by atoms with Crippen molar-refractivity contribution >= 4 is 17.7 Å². The number of halogens is 3. The van der Waals surface area contributed by atoms with Gasteiger partial charge in [-0.25, -0.2) is 14.5 Å². The summed E-state index contributed by atoms with van der Waals surface area (Å²) in [5.74, 6) is -0.285. The number of carbonyl (C=O) groups is 2. The van der Waals surface area contributed by atoms with E-state index in [-0.39, 0.29) is 17.3 Å². The van der Waals surface area contributed by atoms with Crippen molar-refractivity contribution in [2.75, 3.05) is 11.9 Å². The van der Waals surface area contributed by atoms with Gasteiger partial charge in [-0.2, -0.15) is 18.3 Å². The van der Waals surface area contributed by atoms with E-state index < -0.39 is 35.5 Å². The Hall–Kier alpha value is -3.83. The second kappa shape index (κ2) is 9.20. The standard InChI is InChI=1S/C22H24F3N5O4/c1-13(27-20(32)34-21(2,3)4)19(31)29(5)14-8-9-26-18(11-14)30-15(16-7-6-10-33-16)12-17(28-30)22(23,24)25/h6-13H,1-5H3,(H,27,32)/t13-/m0/s1. The van der Waals surface area contributed by atoms with Crippen molar-refractivity contribution < 1.29 is 31.9 Å². The molecule has 1 atom stereocenters. The van der Waals surface area contributed by atoms with Gasteiger partial charge in [0.2, 0.25) is 5.91 Å². The maximum absolute atomic E-state index is 13.3. The van der Waals surface area contributed by atoms with Gasteiger partial charge in [-0.15, -0.1) is 0 Å². The van der Waals surface area contributed by atoms with Crippen LogP contribution >= 0.6 is 0 Å². The lowest BCUT2D eigenvalue weighted by atomic mass is 10.2. The summed E-state index contributed by atoms with van der Waals surface area (Å²) in [6.07, 6.45) is -2.77. The fourth-order valence-corrected chi connectivity index (χ4v) is 2.99. The van der Waals surface area contributed by atoms with Gasteiger partial charge in [-0.3, -0.25) is 4.79 Å². The van der Waals surface area contributed by atoms with Gasteiger partial charge in [0.25, 0.3) is 0 Å². The average Bonchev–Trinajstić information content (AvgIpc) is 3.40. The van der Waals surface area contributed by atoms with Crippen LogP contribution in [0.25, 0.3) is 17.3 Å². The highest BCUT2D eigenvalue weighted by atomic mass is 19.4. The molecule has 3 aromatic heterocycles. The van der Waals surface area contributed by atoms with E-state index in [0.29, 0.717) is 5.69 Å². The topological polar surface area (TPSA) is 102 Å². The molecular formula is C22H24F3N5O4. The Morgan fingerprint density at radius 3 is 2.50 bits per heavy atom. The van der Waals surface area contributed by atoms with Gasteiger partial charge in [-0.05, 0) is 45.9 Å². The molecule has 182 valence electrons. The van der Waals surface area contributed by atoms with Crippen LogP contribution in [0.4, 0.5) is 23.7 Å². The zero-order valence-electron chi connectivity index (χ0n) is 19.2. The van der Waals surface area contributed by atoms with Crippen molar-refractivity contribution in [2.45, 2.75) is 45.5 Å². The molecule has 0 saturated carbocycles. The Bertz CT molecular complexity index is 1170. The Balaban J connectivity index is 1.88. The molecule has 0 saturated heterocycles. The van der Waals surface area contributed by atoms with E-state index in [1.807, 2.05) is 0 Å². The number of amides is 2. The molecule has 2 amide bonds. The van der Waals surface area contributed by atoms with Crippen molar-refractivity contribution in [2.24, 2.45) is 0 Å². The quantitative estimate of drug-likeness (QED) is 0.581. The zero-order chi connectivity index (χ0) is 25.3. The smallest absolute Gasteiger partial charge is 0.435 e. The summed E-state index contributed by atoms with van der Waals surface area (Å²) in [4.78, 5) is 30.2. The molecule has 3 heterocycles. The molecule has 0 unspecified atom stereocenters. The molecule has 0 fully saturated rings. The van der Waals surface area contributed by atoms with Gasteiger partial charge in [0, 0.05) is 31.1 Å². The number of nitrogens with zero attached hydrogens (tertiary/aromatic N) is 4. The monoisotopic (exact) mass is 479 g/mol. The van der Waals surface area contributed by atoms with Crippen molar-refractivity contribution in [3.8, 4) is 17.3 Å². The predicted molar refractivity (Wildman–Crippen MR) is 116 cm³/mol. The lowest BCUT2D eigenvalue weighted by Crippen LogP contribution is -2.47. The fourth-order valence-electron chi connectivity index (χ4n) is 2.99. The van der Waals surface area contributed by atoms with E-state index in [1.54, 1.807) is 20.8 Å². The highest BCUT2D eigenvalue weighted by Gasteiger charge is 2.36. The first-order valence-electron chi connectivity index (χ1n) is 10.2. The number of likely N-dealkylation sites (N-methyl/N-ethyl adjacent to an activating group) is 1. The van der Waals surface area contributed by atoms with Crippen molar-refractivity contribution in [1.82, 2.24) is 20.1 Å². The first-order chi connectivity index (χ1) is 15.8. The van der Waals surface area contributed by atoms with Crippen LogP contribution < -0.4 is 10.2 Å². The molecule has 0 radical (unpaired) electrons. The number of anilines is 1. The van der Waals surface area contributed by atoms with Gasteiger partial charge in [-0.1, -0.05) is 0 Å². The number of alkyl carbamates (subject to hydrolysis) is 1. The third-order valence-corrected chi connectivity index (χ3v) is 4.54. The van der Waals surface area contributed by atoms with Crippen LogP contribution in [0.3, 0.4) is 0 Å².